The van der Waals surface area contributed by atoms with Crippen molar-refractivity contribution in [2.24, 2.45) is 0 Å². The Balaban J connectivity index is 1.80. The number of hydrogen-bond donors (Lipinski definition) is 1. The fourth-order valence-corrected chi connectivity index (χ4v) is 3.66. The first-order valence-electron chi connectivity index (χ1n) is 10.0. The van der Waals surface area contributed by atoms with E-state index in [0.717, 1.165) is 33.8 Å². The minimum absolute atomic E-state index is 0.0855. The van der Waals surface area contributed by atoms with Crippen molar-refractivity contribution in [3.63, 3.8) is 0 Å². The zero-order valence-corrected chi connectivity index (χ0v) is 17.8. The number of amides is 1. The van der Waals surface area contributed by atoms with Crippen molar-refractivity contribution in [3.8, 4) is 11.5 Å². The van der Waals surface area contributed by atoms with Gasteiger partial charge in [0.2, 0.25) is 0 Å². The number of hydrogen-bond acceptors (Lipinski definition) is 3. The van der Waals surface area contributed by atoms with Gasteiger partial charge in [0.05, 0.1) is 6.04 Å². The van der Waals surface area contributed by atoms with Gasteiger partial charge in [0.15, 0.2) is 6.10 Å². The molecule has 4 nitrogen and oxygen atoms in total. The largest absolute Gasteiger partial charge is 0.487 e. The van der Waals surface area contributed by atoms with Crippen LogP contribution in [-0.2, 0) is 4.79 Å². The maximum absolute atomic E-state index is 13.1. The van der Waals surface area contributed by atoms with Crippen molar-refractivity contribution in [2.45, 2.75) is 72.1 Å². The predicted octanol–water partition coefficient (Wildman–Crippen LogP) is 5.19. The van der Waals surface area contributed by atoms with E-state index in [-0.39, 0.29) is 17.6 Å². The molecule has 0 spiro atoms. The van der Waals surface area contributed by atoms with Crippen LogP contribution in [0.25, 0.3) is 0 Å². The Hall–Kier alpha value is -2.49. The highest BCUT2D eigenvalue weighted by atomic mass is 16.5. The molecule has 2 aromatic rings. The Kier molecular flexibility index (Phi) is 5.69. The van der Waals surface area contributed by atoms with Crippen molar-refractivity contribution < 1.29 is 14.3 Å². The molecule has 0 saturated heterocycles. The van der Waals surface area contributed by atoms with Crippen LogP contribution in [0.5, 0.6) is 11.5 Å². The Morgan fingerprint density at radius 3 is 2.57 bits per heavy atom. The number of carbonyl (C=O) groups excluding carboxylic acids is 1. The average Bonchev–Trinajstić information content (AvgIpc) is 2.60. The molecule has 0 radical (unpaired) electrons. The molecule has 150 valence electrons. The maximum Gasteiger partial charge on any atom is 0.261 e. The molecule has 0 bridgehead atoms. The third-order valence-corrected chi connectivity index (χ3v) is 5.22. The Morgan fingerprint density at radius 2 is 1.86 bits per heavy atom. The van der Waals surface area contributed by atoms with Gasteiger partial charge in [-0.25, -0.2) is 0 Å². The summed E-state index contributed by atoms with van der Waals surface area (Å²) < 4.78 is 12.2. The first kappa shape index (κ1) is 20.2. The third-order valence-electron chi connectivity index (χ3n) is 5.22. The van der Waals surface area contributed by atoms with Crippen LogP contribution in [0.1, 0.15) is 61.9 Å². The molecular weight excluding hydrogens is 350 g/mol. The number of aryl methyl sites for hydroxylation is 3. The number of rotatable bonds is 5. The summed E-state index contributed by atoms with van der Waals surface area (Å²) in [5.41, 5.74) is 3.98. The summed E-state index contributed by atoms with van der Waals surface area (Å²) in [4.78, 5) is 13.1. The van der Waals surface area contributed by atoms with Crippen LogP contribution in [0.2, 0.25) is 0 Å². The summed E-state index contributed by atoms with van der Waals surface area (Å²) in [6.07, 6.45) is 0.793. The fourth-order valence-electron chi connectivity index (χ4n) is 3.66. The van der Waals surface area contributed by atoms with Crippen molar-refractivity contribution in [3.05, 3.63) is 58.7 Å². The van der Waals surface area contributed by atoms with Gasteiger partial charge >= 0.3 is 0 Å². The second kappa shape index (κ2) is 7.86. The van der Waals surface area contributed by atoms with E-state index in [1.165, 1.54) is 0 Å². The van der Waals surface area contributed by atoms with E-state index in [1.807, 2.05) is 52.0 Å². The van der Waals surface area contributed by atoms with Crippen LogP contribution in [0.4, 0.5) is 0 Å². The molecule has 0 aliphatic carbocycles. The molecule has 0 saturated carbocycles. The molecule has 3 rings (SSSR count). The number of benzene rings is 2. The van der Waals surface area contributed by atoms with Gasteiger partial charge in [-0.3, -0.25) is 4.79 Å². The van der Waals surface area contributed by atoms with E-state index in [9.17, 15) is 4.79 Å². The maximum atomic E-state index is 13.1. The lowest BCUT2D eigenvalue weighted by Crippen LogP contribution is -2.45. The molecule has 0 aromatic heterocycles. The van der Waals surface area contributed by atoms with Crippen molar-refractivity contribution >= 4 is 5.91 Å². The summed E-state index contributed by atoms with van der Waals surface area (Å²) in [5.74, 6) is 1.54. The van der Waals surface area contributed by atoms with Crippen LogP contribution in [-0.4, -0.2) is 17.6 Å². The molecule has 1 aliphatic heterocycles. The summed E-state index contributed by atoms with van der Waals surface area (Å²) >= 11 is 0. The third kappa shape index (κ3) is 4.49. The van der Waals surface area contributed by atoms with Crippen molar-refractivity contribution in [1.82, 2.24) is 5.32 Å². The number of nitrogens with one attached hydrogen (secondary N) is 1. The molecule has 2 unspecified atom stereocenters. The monoisotopic (exact) mass is 381 g/mol. The highest BCUT2D eigenvalue weighted by molar-refractivity contribution is 5.81. The molecule has 1 heterocycles. The second-order valence-corrected chi connectivity index (χ2v) is 8.45. The zero-order chi connectivity index (χ0) is 20.5. The first-order chi connectivity index (χ1) is 13.2. The van der Waals surface area contributed by atoms with Crippen LogP contribution < -0.4 is 14.8 Å². The van der Waals surface area contributed by atoms with Crippen LogP contribution in [0, 0.1) is 20.8 Å². The van der Waals surface area contributed by atoms with E-state index in [2.05, 4.69) is 31.3 Å². The van der Waals surface area contributed by atoms with E-state index >= 15 is 0 Å². The topological polar surface area (TPSA) is 47.6 Å². The van der Waals surface area contributed by atoms with Gasteiger partial charge in [-0.05, 0) is 69.9 Å². The lowest BCUT2D eigenvalue weighted by Gasteiger charge is -2.38. The molecule has 1 aliphatic rings. The van der Waals surface area contributed by atoms with Crippen LogP contribution >= 0.6 is 0 Å². The SMILES string of the molecule is CCC(Oc1cc(C)ccc1C)C(=O)NC1CC(C)(C)Oc2cc(C)ccc21. The predicted molar refractivity (Wildman–Crippen MR) is 112 cm³/mol. The molecule has 28 heavy (non-hydrogen) atoms. The second-order valence-electron chi connectivity index (χ2n) is 8.45. The smallest absolute Gasteiger partial charge is 0.261 e. The summed E-state index contributed by atoms with van der Waals surface area (Å²) in [7, 11) is 0. The van der Waals surface area contributed by atoms with Crippen molar-refractivity contribution in [1.29, 1.82) is 0 Å². The molecule has 2 atom stereocenters. The van der Waals surface area contributed by atoms with E-state index in [0.29, 0.717) is 12.8 Å². The molecule has 4 heteroatoms. The van der Waals surface area contributed by atoms with Crippen molar-refractivity contribution in [2.75, 3.05) is 0 Å². The Labute approximate surface area is 168 Å². The van der Waals surface area contributed by atoms with E-state index in [1.54, 1.807) is 0 Å². The lowest BCUT2D eigenvalue weighted by molar-refractivity contribution is -0.129. The van der Waals surface area contributed by atoms with Gasteiger partial charge in [0, 0.05) is 12.0 Å². The van der Waals surface area contributed by atoms with E-state index < -0.39 is 6.10 Å². The van der Waals surface area contributed by atoms with Crippen LogP contribution in [0.15, 0.2) is 36.4 Å². The zero-order valence-electron chi connectivity index (χ0n) is 17.8. The summed E-state index contributed by atoms with van der Waals surface area (Å²) in [5, 5.41) is 3.21. The number of ether oxygens (including phenoxy) is 2. The summed E-state index contributed by atoms with van der Waals surface area (Å²) in [6.45, 7) is 12.2. The average molecular weight is 382 g/mol. The van der Waals surface area contributed by atoms with Gasteiger partial charge in [0.25, 0.3) is 5.91 Å². The quantitative estimate of drug-likeness (QED) is 0.775. The van der Waals surface area contributed by atoms with Gasteiger partial charge in [-0.2, -0.15) is 0 Å². The van der Waals surface area contributed by atoms with Gasteiger partial charge in [-0.1, -0.05) is 31.2 Å². The number of carbonyl (C=O) groups is 1. The Morgan fingerprint density at radius 1 is 1.18 bits per heavy atom. The van der Waals surface area contributed by atoms with Gasteiger partial charge in [-0.15, -0.1) is 0 Å². The Bertz CT molecular complexity index is 872. The minimum Gasteiger partial charge on any atom is -0.487 e. The molecule has 1 amide bonds. The fraction of sp³-hybridized carbons (Fsp3) is 0.458. The normalized spacial score (nSPS) is 18.6. The standard InChI is InChI=1S/C24H31NO3/c1-7-20(27-21-12-15(2)8-10-17(21)4)23(26)25-19-14-24(5,6)28-22-13-16(3)9-11-18(19)22/h8-13,19-20H,7,14H2,1-6H3,(H,25,26). The highest BCUT2D eigenvalue weighted by Crippen LogP contribution is 2.40. The van der Waals surface area contributed by atoms with E-state index in [4.69, 9.17) is 9.47 Å². The number of fused-ring (bicyclic) bond motifs is 1. The molecule has 0 fully saturated rings. The first-order valence-corrected chi connectivity index (χ1v) is 10.0. The summed E-state index contributed by atoms with van der Waals surface area (Å²) in [6, 6.07) is 12.1. The molecular formula is C24H31NO3. The lowest BCUT2D eigenvalue weighted by atomic mass is 9.89. The van der Waals surface area contributed by atoms with Gasteiger partial charge < -0.3 is 14.8 Å². The highest BCUT2D eigenvalue weighted by Gasteiger charge is 2.35. The molecule has 2 aromatic carbocycles. The van der Waals surface area contributed by atoms with Crippen LogP contribution in [0.3, 0.4) is 0 Å². The minimum atomic E-state index is -0.527. The van der Waals surface area contributed by atoms with Gasteiger partial charge in [0.1, 0.15) is 17.1 Å². The molecule has 1 N–H and O–H groups in total.